The van der Waals surface area contributed by atoms with Gasteiger partial charge in [-0.2, -0.15) is 4.31 Å². The summed E-state index contributed by atoms with van der Waals surface area (Å²) in [5.74, 6) is -1.14. The van der Waals surface area contributed by atoms with E-state index in [-0.39, 0.29) is 36.9 Å². The molecule has 2 N–H and O–H groups in total. The summed E-state index contributed by atoms with van der Waals surface area (Å²) in [5.41, 5.74) is 0.659. The Hall–Kier alpha value is -2.86. The van der Waals surface area contributed by atoms with Gasteiger partial charge in [0.2, 0.25) is 10.0 Å². The lowest BCUT2D eigenvalue weighted by atomic mass is 10.2. The van der Waals surface area contributed by atoms with Crippen molar-refractivity contribution in [3.05, 3.63) is 53.1 Å². The van der Waals surface area contributed by atoms with Crippen molar-refractivity contribution in [3.8, 4) is 11.5 Å². The van der Waals surface area contributed by atoms with E-state index in [0.717, 1.165) is 4.31 Å². The molecule has 178 valence electrons. The van der Waals surface area contributed by atoms with Crippen LogP contribution in [-0.4, -0.2) is 64.7 Å². The van der Waals surface area contributed by atoms with Crippen LogP contribution in [0.25, 0.3) is 0 Å². The molecule has 33 heavy (non-hydrogen) atoms. The van der Waals surface area contributed by atoms with Crippen LogP contribution >= 0.6 is 11.6 Å². The maximum atomic E-state index is 13.1. The zero-order valence-electron chi connectivity index (χ0n) is 18.0. The molecule has 0 radical (unpaired) electrons. The first-order chi connectivity index (χ1) is 15.8. The minimum atomic E-state index is -3.96. The summed E-state index contributed by atoms with van der Waals surface area (Å²) in [6.45, 7) is 0.109. The van der Waals surface area contributed by atoms with Crippen molar-refractivity contribution in [2.45, 2.75) is 17.7 Å². The number of ether oxygens (including phenoxy) is 3. The molecule has 0 aliphatic carbocycles. The van der Waals surface area contributed by atoms with Crippen molar-refractivity contribution in [1.82, 2.24) is 14.9 Å². The predicted molar refractivity (Wildman–Crippen MR) is 119 cm³/mol. The van der Waals surface area contributed by atoms with Gasteiger partial charge in [-0.25, -0.2) is 8.42 Å². The monoisotopic (exact) mass is 497 g/mol. The number of carbonyl (C=O) groups is 2. The van der Waals surface area contributed by atoms with Crippen molar-refractivity contribution in [3.63, 3.8) is 0 Å². The molecule has 1 aliphatic heterocycles. The molecule has 2 amide bonds. The van der Waals surface area contributed by atoms with Crippen LogP contribution in [0, 0.1) is 0 Å². The van der Waals surface area contributed by atoms with E-state index in [2.05, 4.69) is 10.6 Å². The van der Waals surface area contributed by atoms with Crippen molar-refractivity contribution in [2.75, 3.05) is 33.9 Å². The Morgan fingerprint density at radius 3 is 2.48 bits per heavy atom. The number of sulfonamides is 1. The van der Waals surface area contributed by atoms with E-state index >= 15 is 0 Å². The van der Waals surface area contributed by atoms with Crippen LogP contribution in [-0.2, 0) is 30.9 Å². The zero-order chi connectivity index (χ0) is 24.0. The van der Waals surface area contributed by atoms with Gasteiger partial charge >= 0.3 is 11.8 Å². The lowest BCUT2D eigenvalue weighted by Gasteiger charge is -2.23. The Kier molecular flexibility index (Phi) is 8.14. The smallest absolute Gasteiger partial charge is 0.309 e. The highest BCUT2D eigenvalue weighted by atomic mass is 35.5. The van der Waals surface area contributed by atoms with E-state index in [0.29, 0.717) is 16.3 Å². The molecule has 1 aliphatic rings. The Labute approximate surface area is 196 Å². The van der Waals surface area contributed by atoms with E-state index in [9.17, 15) is 18.0 Å². The Balaban J connectivity index is 1.61. The van der Waals surface area contributed by atoms with Gasteiger partial charge in [-0.15, -0.1) is 0 Å². The quantitative estimate of drug-likeness (QED) is 0.524. The SMILES string of the molecule is COc1ccc(S(=O)(=O)N2CCO[C@@H]2CNC(=O)C(=O)NCc2ccccc2Cl)cc1OC. The van der Waals surface area contributed by atoms with E-state index in [1.807, 2.05) is 0 Å². The van der Waals surface area contributed by atoms with Crippen molar-refractivity contribution >= 4 is 33.4 Å². The van der Waals surface area contributed by atoms with Gasteiger partial charge in [-0.05, 0) is 23.8 Å². The number of nitrogens with zero attached hydrogens (tertiary/aromatic N) is 1. The van der Waals surface area contributed by atoms with Crippen molar-refractivity contribution in [1.29, 1.82) is 0 Å². The zero-order valence-corrected chi connectivity index (χ0v) is 19.6. The fraction of sp³-hybridized carbons (Fsp3) is 0.333. The minimum absolute atomic E-state index is 0.0144. The largest absolute Gasteiger partial charge is 0.493 e. The van der Waals surface area contributed by atoms with Crippen LogP contribution in [0.3, 0.4) is 0 Å². The van der Waals surface area contributed by atoms with Gasteiger partial charge in [-0.3, -0.25) is 9.59 Å². The van der Waals surface area contributed by atoms with Crippen LogP contribution in [0.4, 0.5) is 0 Å². The molecule has 0 spiro atoms. The van der Waals surface area contributed by atoms with Crippen LogP contribution in [0.1, 0.15) is 5.56 Å². The molecule has 1 atom stereocenters. The molecule has 1 fully saturated rings. The number of amides is 2. The fourth-order valence-corrected chi connectivity index (χ4v) is 4.94. The summed E-state index contributed by atoms with van der Waals surface area (Å²) in [6, 6.07) is 11.2. The molecular formula is C21H24ClN3O7S. The van der Waals surface area contributed by atoms with Crippen LogP contribution in [0.2, 0.25) is 5.02 Å². The molecule has 0 unspecified atom stereocenters. The molecule has 1 heterocycles. The van der Waals surface area contributed by atoms with E-state index in [1.54, 1.807) is 24.3 Å². The first-order valence-corrected chi connectivity index (χ1v) is 11.7. The number of benzene rings is 2. The highest BCUT2D eigenvalue weighted by molar-refractivity contribution is 7.89. The van der Waals surface area contributed by atoms with E-state index in [4.69, 9.17) is 25.8 Å². The van der Waals surface area contributed by atoms with Crippen molar-refractivity contribution in [2.24, 2.45) is 0 Å². The standard InChI is InChI=1S/C21H24ClN3O7S/c1-30-17-8-7-15(11-18(17)31-2)33(28,29)25-9-10-32-19(25)13-24-21(27)20(26)23-12-14-5-3-4-6-16(14)22/h3-8,11,19H,9-10,12-13H2,1-2H3,(H,23,26)(H,24,27)/t19-/m1/s1. The van der Waals surface area contributed by atoms with Gasteiger partial charge in [-0.1, -0.05) is 29.8 Å². The number of nitrogens with one attached hydrogen (secondary N) is 2. The first kappa shape index (κ1) is 24.8. The van der Waals surface area contributed by atoms with Gasteiger partial charge < -0.3 is 24.8 Å². The summed E-state index contributed by atoms with van der Waals surface area (Å²) in [6.07, 6.45) is -0.969. The van der Waals surface area contributed by atoms with Crippen molar-refractivity contribution < 1.29 is 32.2 Å². The highest BCUT2D eigenvalue weighted by Crippen LogP contribution is 2.31. The molecule has 2 aromatic rings. The maximum Gasteiger partial charge on any atom is 0.309 e. The second kappa shape index (κ2) is 10.8. The van der Waals surface area contributed by atoms with Crippen LogP contribution in [0.15, 0.2) is 47.4 Å². The number of rotatable bonds is 8. The van der Waals surface area contributed by atoms with Crippen LogP contribution < -0.4 is 20.1 Å². The summed E-state index contributed by atoms with van der Waals surface area (Å²) < 4.78 is 43.2. The van der Waals surface area contributed by atoms with Gasteiger partial charge in [0.25, 0.3) is 0 Å². The molecule has 12 heteroatoms. The van der Waals surface area contributed by atoms with Gasteiger partial charge in [0.15, 0.2) is 11.5 Å². The molecule has 3 rings (SSSR count). The molecule has 1 saturated heterocycles. The predicted octanol–water partition coefficient (Wildman–Crippen LogP) is 1.14. The fourth-order valence-electron chi connectivity index (χ4n) is 3.21. The number of methoxy groups -OCH3 is 2. The molecule has 0 aromatic heterocycles. The number of halogens is 1. The van der Waals surface area contributed by atoms with E-state index in [1.165, 1.54) is 32.4 Å². The summed E-state index contributed by atoms with van der Waals surface area (Å²) in [4.78, 5) is 24.3. The second-order valence-electron chi connectivity index (χ2n) is 6.94. The molecule has 10 nitrogen and oxygen atoms in total. The summed E-state index contributed by atoms with van der Waals surface area (Å²) in [5, 5.41) is 5.35. The average molecular weight is 498 g/mol. The topological polar surface area (TPSA) is 123 Å². The minimum Gasteiger partial charge on any atom is -0.493 e. The second-order valence-corrected chi connectivity index (χ2v) is 9.24. The third kappa shape index (κ3) is 5.74. The lowest BCUT2D eigenvalue weighted by molar-refractivity contribution is -0.139. The number of hydrogen-bond donors (Lipinski definition) is 2. The molecule has 0 saturated carbocycles. The summed E-state index contributed by atoms with van der Waals surface area (Å²) in [7, 11) is -1.11. The third-order valence-corrected chi connectivity index (χ3v) is 7.20. The molecular weight excluding hydrogens is 474 g/mol. The number of carbonyl (C=O) groups excluding carboxylic acids is 2. The van der Waals surface area contributed by atoms with Gasteiger partial charge in [0.05, 0.1) is 32.3 Å². The molecule has 2 aromatic carbocycles. The molecule has 0 bridgehead atoms. The Morgan fingerprint density at radius 2 is 1.79 bits per heavy atom. The van der Waals surface area contributed by atoms with Crippen LogP contribution in [0.5, 0.6) is 11.5 Å². The lowest BCUT2D eigenvalue weighted by Crippen LogP contribution is -2.47. The van der Waals surface area contributed by atoms with Gasteiger partial charge in [0.1, 0.15) is 6.23 Å². The maximum absolute atomic E-state index is 13.1. The number of hydrogen-bond acceptors (Lipinski definition) is 7. The summed E-state index contributed by atoms with van der Waals surface area (Å²) >= 11 is 6.03. The van der Waals surface area contributed by atoms with Gasteiger partial charge in [0, 0.05) is 24.2 Å². The highest BCUT2D eigenvalue weighted by Gasteiger charge is 2.37. The average Bonchev–Trinajstić information content (AvgIpc) is 3.31. The van der Waals surface area contributed by atoms with E-state index < -0.39 is 28.1 Å². The first-order valence-electron chi connectivity index (χ1n) is 9.93. The Bertz CT molecular complexity index is 1130. The Morgan fingerprint density at radius 1 is 1.09 bits per heavy atom. The normalized spacial score (nSPS) is 16.3. The third-order valence-electron chi connectivity index (χ3n) is 4.95.